The van der Waals surface area contributed by atoms with Gasteiger partial charge < -0.3 is 5.73 Å². The van der Waals surface area contributed by atoms with Crippen molar-refractivity contribution in [3.8, 4) is 0 Å². The molecule has 0 spiro atoms. The van der Waals surface area contributed by atoms with Crippen LogP contribution in [0, 0.1) is 28.6 Å². The summed E-state index contributed by atoms with van der Waals surface area (Å²) in [6.07, 6.45) is 5.25. The highest BCUT2D eigenvalue weighted by Gasteiger charge is 2.62. The van der Waals surface area contributed by atoms with Gasteiger partial charge in [-0.1, -0.05) is 39.3 Å². The number of hydrogen-bond donors (Lipinski definition) is 1. The van der Waals surface area contributed by atoms with Crippen molar-refractivity contribution in [3.63, 3.8) is 0 Å². The summed E-state index contributed by atoms with van der Waals surface area (Å²) in [5, 5.41) is 0. The van der Waals surface area contributed by atoms with Crippen molar-refractivity contribution in [2.24, 2.45) is 34.3 Å². The van der Waals surface area contributed by atoms with Gasteiger partial charge in [-0.2, -0.15) is 0 Å². The van der Waals surface area contributed by atoms with Crippen LogP contribution in [0.3, 0.4) is 0 Å². The molecule has 1 nitrogen and oxygen atoms in total. The lowest BCUT2D eigenvalue weighted by Crippen LogP contribution is -2.48. The van der Waals surface area contributed by atoms with Crippen LogP contribution in [0.2, 0.25) is 0 Å². The monoisotopic (exact) mass is 205 g/mol. The fraction of sp³-hybridized carbons (Fsp3) is 0.857. The molecule has 15 heavy (non-hydrogen) atoms. The van der Waals surface area contributed by atoms with Gasteiger partial charge in [0.25, 0.3) is 0 Å². The molecule has 2 N–H and O–H groups in total. The first kappa shape index (κ1) is 9.89. The number of hydrogen-bond acceptors (Lipinski definition) is 1. The first-order valence-electron chi connectivity index (χ1n) is 6.32. The molecule has 0 radical (unpaired) electrons. The first-order chi connectivity index (χ1) is 6.87. The molecule has 0 aromatic carbocycles. The molecular weight excluding hydrogens is 182 g/mol. The summed E-state index contributed by atoms with van der Waals surface area (Å²) >= 11 is 0. The van der Waals surface area contributed by atoms with Crippen molar-refractivity contribution in [1.82, 2.24) is 0 Å². The molecule has 4 aliphatic carbocycles. The third-order valence-corrected chi connectivity index (χ3v) is 5.78. The average molecular weight is 205 g/mol. The van der Waals surface area contributed by atoms with Gasteiger partial charge >= 0.3 is 0 Å². The van der Waals surface area contributed by atoms with E-state index >= 15 is 0 Å². The second-order valence-electron chi connectivity index (χ2n) is 7.07. The third-order valence-electron chi connectivity index (χ3n) is 5.78. The second-order valence-corrected chi connectivity index (χ2v) is 7.07. The van der Waals surface area contributed by atoms with E-state index in [9.17, 15) is 0 Å². The van der Waals surface area contributed by atoms with Crippen LogP contribution in [0.5, 0.6) is 0 Å². The van der Waals surface area contributed by atoms with Crippen molar-refractivity contribution in [2.45, 2.75) is 46.6 Å². The molecule has 2 saturated carbocycles. The number of rotatable bonds is 1. The van der Waals surface area contributed by atoms with Gasteiger partial charge in [0.15, 0.2) is 0 Å². The van der Waals surface area contributed by atoms with Crippen LogP contribution in [0.1, 0.15) is 40.5 Å². The van der Waals surface area contributed by atoms with E-state index in [0.717, 1.165) is 11.8 Å². The number of allylic oxidation sites excluding steroid dienone is 1. The maximum atomic E-state index is 6.20. The van der Waals surface area contributed by atoms with E-state index in [2.05, 4.69) is 33.8 Å². The summed E-state index contributed by atoms with van der Waals surface area (Å²) in [4.78, 5) is 0. The summed E-state index contributed by atoms with van der Waals surface area (Å²) in [5.41, 5.74) is 8.83. The average Bonchev–Trinajstić information content (AvgIpc) is 2.66. The van der Waals surface area contributed by atoms with E-state index in [0.29, 0.717) is 22.8 Å². The van der Waals surface area contributed by atoms with Crippen molar-refractivity contribution < 1.29 is 0 Å². The van der Waals surface area contributed by atoms with Crippen molar-refractivity contribution in [3.05, 3.63) is 11.6 Å². The molecule has 0 saturated heterocycles. The Labute approximate surface area is 93.1 Å². The Bertz CT molecular complexity index is 337. The highest BCUT2D eigenvalue weighted by molar-refractivity contribution is 5.34. The van der Waals surface area contributed by atoms with E-state index in [4.69, 9.17) is 5.73 Å². The highest BCUT2D eigenvalue weighted by Crippen LogP contribution is 2.66. The Hall–Kier alpha value is -0.300. The lowest BCUT2D eigenvalue weighted by Gasteiger charge is -2.57. The molecule has 0 aromatic rings. The SMILES string of the molecule is CC1(C)C2CC=C([C@H]3[C@H](N)C3(C)C)C1C2. The smallest absolute Gasteiger partial charge is 0.0168 e. The zero-order valence-corrected chi connectivity index (χ0v) is 10.4. The van der Waals surface area contributed by atoms with Crippen molar-refractivity contribution >= 4 is 0 Å². The van der Waals surface area contributed by atoms with Crippen LogP contribution in [0.4, 0.5) is 0 Å². The predicted octanol–water partition coefficient (Wildman–Crippen LogP) is 2.96. The van der Waals surface area contributed by atoms with E-state index in [1.807, 2.05) is 0 Å². The molecule has 0 aliphatic heterocycles. The van der Waals surface area contributed by atoms with Crippen LogP contribution in [-0.4, -0.2) is 6.04 Å². The van der Waals surface area contributed by atoms with Crippen molar-refractivity contribution in [2.75, 3.05) is 0 Å². The molecular formula is C14H23N. The summed E-state index contributed by atoms with van der Waals surface area (Å²) < 4.78 is 0. The number of nitrogens with two attached hydrogens (primary N) is 1. The van der Waals surface area contributed by atoms with Gasteiger partial charge in [-0.3, -0.25) is 0 Å². The zero-order chi connectivity index (χ0) is 11.0. The van der Waals surface area contributed by atoms with Crippen LogP contribution in [0.25, 0.3) is 0 Å². The number of fused-ring (bicyclic) bond motifs is 1. The second kappa shape index (κ2) is 2.51. The van der Waals surface area contributed by atoms with E-state index in [1.165, 1.54) is 12.8 Å². The molecule has 84 valence electrons. The molecule has 2 fully saturated rings. The largest absolute Gasteiger partial charge is 0.327 e. The lowest BCUT2D eigenvalue weighted by molar-refractivity contribution is -0.0106. The van der Waals surface area contributed by atoms with Gasteiger partial charge in [-0.15, -0.1) is 0 Å². The maximum absolute atomic E-state index is 6.20. The van der Waals surface area contributed by atoms with Gasteiger partial charge in [0, 0.05) is 12.0 Å². The van der Waals surface area contributed by atoms with Gasteiger partial charge in [0.2, 0.25) is 0 Å². The Morgan fingerprint density at radius 3 is 2.20 bits per heavy atom. The van der Waals surface area contributed by atoms with Gasteiger partial charge in [0.05, 0.1) is 0 Å². The Morgan fingerprint density at radius 2 is 1.80 bits per heavy atom. The zero-order valence-electron chi connectivity index (χ0n) is 10.4. The molecule has 2 unspecified atom stereocenters. The minimum Gasteiger partial charge on any atom is -0.327 e. The fourth-order valence-corrected chi connectivity index (χ4v) is 4.06. The van der Waals surface area contributed by atoms with E-state index in [-0.39, 0.29) is 0 Å². The molecule has 0 amide bonds. The lowest BCUT2D eigenvalue weighted by atomic mass is 9.48. The van der Waals surface area contributed by atoms with E-state index in [1.54, 1.807) is 5.57 Å². The van der Waals surface area contributed by atoms with Crippen LogP contribution in [-0.2, 0) is 0 Å². The third kappa shape index (κ3) is 1.03. The van der Waals surface area contributed by atoms with Crippen LogP contribution >= 0.6 is 0 Å². The molecule has 4 atom stereocenters. The Kier molecular flexibility index (Phi) is 1.65. The molecule has 4 aliphatic rings. The summed E-state index contributed by atoms with van der Waals surface area (Å²) in [6, 6.07) is 0.414. The topological polar surface area (TPSA) is 26.0 Å². The highest BCUT2D eigenvalue weighted by atomic mass is 14.9. The van der Waals surface area contributed by atoms with Gasteiger partial charge in [-0.25, -0.2) is 0 Å². The van der Waals surface area contributed by atoms with E-state index < -0.39 is 0 Å². The Morgan fingerprint density at radius 1 is 1.20 bits per heavy atom. The molecule has 4 rings (SSSR count). The maximum Gasteiger partial charge on any atom is 0.0168 e. The summed E-state index contributed by atoms with van der Waals surface area (Å²) in [5.74, 6) is 2.47. The molecule has 2 bridgehead atoms. The van der Waals surface area contributed by atoms with Gasteiger partial charge in [-0.05, 0) is 35.5 Å². The first-order valence-corrected chi connectivity index (χ1v) is 6.32. The van der Waals surface area contributed by atoms with Crippen LogP contribution in [0.15, 0.2) is 11.6 Å². The van der Waals surface area contributed by atoms with Gasteiger partial charge in [0.1, 0.15) is 0 Å². The summed E-state index contributed by atoms with van der Waals surface area (Å²) in [7, 11) is 0. The predicted molar refractivity (Wildman–Crippen MR) is 63.3 cm³/mol. The quantitative estimate of drug-likeness (QED) is 0.654. The minimum absolute atomic E-state index is 0.365. The Balaban J connectivity index is 1.88. The standard InChI is InChI=1S/C14H23N/c1-13(2)8-5-6-9(10(13)7-8)11-12(15)14(11,3)4/h6,8,10-12H,5,7,15H2,1-4H3/t8?,10?,11-,12-/m0/s1. The fourth-order valence-electron chi connectivity index (χ4n) is 4.06. The summed E-state index contributed by atoms with van der Waals surface area (Å²) in [6.45, 7) is 9.53. The molecule has 1 heteroatoms. The normalized spacial score (nSPS) is 49.3. The van der Waals surface area contributed by atoms with Crippen molar-refractivity contribution in [1.29, 1.82) is 0 Å². The minimum atomic E-state index is 0.365. The molecule has 0 aromatic heterocycles. The molecule has 0 heterocycles. The van der Waals surface area contributed by atoms with Crippen LogP contribution < -0.4 is 5.73 Å².